The van der Waals surface area contributed by atoms with Gasteiger partial charge in [-0.1, -0.05) is 0 Å². The molecular formula is C5H11N3O. The molecule has 3 N–H and O–H groups in total. The molecule has 1 aliphatic rings. The summed E-state index contributed by atoms with van der Waals surface area (Å²) in [5.74, 6) is 0.114. The Kier molecular flexibility index (Phi) is 1.57. The number of nitrogens with zero attached hydrogens (tertiary/aromatic N) is 1. The summed E-state index contributed by atoms with van der Waals surface area (Å²) in [4.78, 5) is 1.71. The zero-order valence-electron chi connectivity index (χ0n) is 5.42. The first-order valence-corrected chi connectivity index (χ1v) is 2.86. The smallest absolute Gasteiger partial charge is 0.188 e. The molecule has 0 aromatic heterocycles. The molecule has 4 nitrogen and oxygen atoms in total. The van der Waals surface area contributed by atoms with E-state index in [9.17, 15) is 0 Å². The van der Waals surface area contributed by atoms with Crippen LogP contribution in [0, 0.1) is 5.41 Å². The maximum Gasteiger partial charge on any atom is 0.188 e. The summed E-state index contributed by atoms with van der Waals surface area (Å²) in [5, 5.41) is 7.02. The Morgan fingerprint density at radius 1 is 1.78 bits per heavy atom. The first-order chi connectivity index (χ1) is 4.22. The summed E-state index contributed by atoms with van der Waals surface area (Å²) in [6, 6.07) is 0.336. The molecule has 0 amide bonds. The van der Waals surface area contributed by atoms with E-state index in [-0.39, 0.29) is 5.96 Å². The van der Waals surface area contributed by atoms with Crippen LogP contribution in [0.5, 0.6) is 0 Å². The molecule has 1 fully saturated rings. The van der Waals surface area contributed by atoms with Gasteiger partial charge in [0.2, 0.25) is 0 Å². The molecule has 0 aromatic rings. The third-order valence-electron chi connectivity index (χ3n) is 1.55. The lowest BCUT2D eigenvalue weighted by Crippen LogP contribution is -2.51. The van der Waals surface area contributed by atoms with E-state index in [4.69, 9.17) is 15.9 Å². The second-order valence-electron chi connectivity index (χ2n) is 2.19. The first kappa shape index (κ1) is 6.35. The average molecular weight is 129 g/mol. The van der Waals surface area contributed by atoms with Crippen LogP contribution in [-0.2, 0) is 4.74 Å². The van der Waals surface area contributed by atoms with E-state index in [2.05, 4.69) is 0 Å². The molecule has 0 atom stereocenters. The predicted molar refractivity (Wildman–Crippen MR) is 34.3 cm³/mol. The standard InChI is InChI=1S/C5H11N3O/c1-8(5(6)7)4-2-9-3-4/h4H,2-3H2,1H3,(H3,6,7). The molecule has 52 valence electrons. The lowest BCUT2D eigenvalue weighted by molar-refractivity contribution is -0.0352. The van der Waals surface area contributed by atoms with Crippen molar-refractivity contribution in [3.63, 3.8) is 0 Å². The summed E-state index contributed by atoms with van der Waals surface area (Å²) in [5.41, 5.74) is 5.20. The number of nitrogens with one attached hydrogen (secondary N) is 1. The van der Waals surface area contributed by atoms with Gasteiger partial charge in [0.1, 0.15) is 0 Å². The molecule has 1 heterocycles. The van der Waals surface area contributed by atoms with E-state index in [0.29, 0.717) is 19.3 Å². The Labute approximate surface area is 54.1 Å². The lowest BCUT2D eigenvalue weighted by Gasteiger charge is -2.34. The minimum absolute atomic E-state index is 0.114. The van der Waals surface area contributed by atoms with Crippen LogP contribution < -0.4 is 5.73 Å². The van der Waals surface area contributed by atoms with Crippen LogP contribution in [0.15, 0.2) is 0 Å². The molecule has 1 aliphatic heterocycles. The molecule has 9 heavy (non-hydrogen) atoms. The van der Waals surface area contributed by atoms with Crippen LogP contribution >= 0.6 is 0 Å². The summed E-state index contributed by atoms with van der Waals surface area (Å²) in [7, 11) is 1.80. The van der Waals surface area contributed by atoms with E-state index < -0.39 is 0 Å². The second-order valence-corrected chi connectivity index (χ2v) is 2.19. The third kappa shape index (κ3) is 1.13. The number of hydrogen-bond acceptors (Lipinski definition) is 2. The first-order valence-electron chi connectivity index (χ1n) is 2.86. The molecule has 0 radical (unpaired) electrons. The highest BCUT2D eigenvalue weighted by molar-refractivity contribution is 5.74. The normalized spacial score (nSPS) is 18.8. The van der Waals surface area contributed by atoms with E-state index >= 15 is 0 Å². The third-order valence-corrected chi connectivity index (χ3v) is 1.55. The van der Waals surface area contributed by atoms with Crippen LogP contribution in [0.3, 0.4) is 0 Å². The Bertz CT molecular complexity index is 121. The molecule has 1 saturated heterocycles. The molecule has 0 spiro atoms. The zero-order chi connectivity index (χ0) is 6.85. The van der Waals surface area contributed by atoms with Crippen LogP contribution in [-0.4, -0.2) is 37.2 Å². The van der Waals surface area contributed by atoms with Crippen LogP contribution in [0.25, 0.3) is 0 Å². The Morgan fingerprint density at radius 2 is 2.33 bits per heavy atom. The molecule has 0 unspecified atom stereocenters. The molecule has 0 aromatic carbocycles. The van der Waals surface area contributed by atoms with Crippen LogP contribution in [0.1, 0.15) is 0 Å². The number of nitrogens with two attached hydrogens (primary N) is 1. The van der Waals surface area contributed by atoms with Crippen molar-refractivity contribution >= 4 is 5.96 Å². The van der Waals surface area contributed by atoms with Crippen molar-refractivity contribution in [2.75, 3.05) is 20.3 Å². The largest absolute Gasteiger partial charge is 0.377 e. The molecule has 0 aliphatic carbocycles. The van der Waals surface area contributed by atoms with E-state index in [1.165, 1.54) is 0 Å². The Hall–Kier alpha value is -0.770. The van der Waals surface area contributed by atoms with Crippen molar-refractivity contribution in [3.05, 3.63) is 0 Å². The predicted octanol–water partition coefficient (Wildman–Crippen LogP) is -0.790. The van der Waals surface area contributed by atoms with E-state index in [1.807, 2.05) is 0 Å². The van der Waals surface area contributed by atoms with Crippen molar-refractivity contribution in [1.29, 1.82) is 5.41 Å². The van der Waals surface area contributed by atoms with Gasteiger partial charge in [0.05, 0.1) is 19.3 Å². The number of rotatable bonds is 1. The van der Waals surface area contributed by atoms with Crippen LogP contribution in [0.2, 0.25) is 0 Å². The molecule has 0 bridgehead atoms. The highest BCUT2D eigenvalue weighted by atomic mass is 16.5. The van der Waals surface area contributed by atoms with Crippen molar-refractivity contribution in [2.45, 2.75) is 6.04 Å². The number of guanidine groups is 1. The fraction of sp³-hybridized carbons (Fsp3) is 0.800. The zero-order valence-corrected chi connectivity index (χ0v) is 5.42. The second kappa shape index (κ2) is 2.23. The fourth-order valence-electron chi connectivity index (χ4n) is 0.644. The Morgan fingerprint density at radius 3 is 2.44 bits per heavy atom. The lowest BCUT2D eigenvalue weighted by atomic mass is 10.2. The molecule has 0 saturated carbocycles. The van der Waals surface area contributed by atoms with Gasteiger partial charge in [0.15, 0.2) is 5.96 Å². The molecule has 4 heteroatoms. The minimum Gasteiger partial charge on any atom is -0.377 e. The SMILES string of the molecule is CN(C(=N)N)C1COC1. The minimum atomic E-state index is 0.114. The average Bonchev–Trinajstić information content (AvgIpc) is 1.60. The summed E-state index contributed by atoms with van der Waals surface area (Å²) in [6.45, 7) is 1.41. The van der Waals surface area contributed by atoms with E-state index in [0.717, 1.165) is 0 Å². The highest BCUT2D eigenvalue weighted by Gasteiger charge is 2.23. The van der Waals surface area contributed by atoms with Gasteiger partial charge >= 0.3 is 0 Å². The summed E-state index contributed by atoms with van der Waals surface area (Å²) < 4.78 is 4.91. The summed E-state index contributed by atoms with van der Waals surface area (Å²) >= 11 is 0. The van der Waals surface area contributed by atoms with Gasteiger partial charge in [-0.2, -0.15) is 0 Å². The Balaban J connectivity index is 2.32. The maximum atomic E-state index is 7.02. The monoisotopic (exact) mass is 129 g/mol. The topological polar surface area (TPSA) is 62.3 Å². The van der Waals surface area contributed by atoms with Gasteiger partial charge in [0.25, 0.3) is 0 Å². The van der Waals surface area contributed by atoms with Gasteiger partial charge < -0.3 is 15.4 Å². The number of ether oxygens (including phenoxy) is 1. The van der Waals surface area contributed by atoms with Crippen molar-refractivity contribution in [1.82, 2.24) is 4.90 Å². The molecular weight excluding hydrogens is 118 g/mol. The van der Waals surface area contributed by atoms with Crippen molar-refractivity contribution in [2.24, 2.45) is 5.73 Å². The quantitative estimate of drug-likeness (QED) is 0.360. The van der Waals surface area contributed by atoms with Gasteiger partial charge in [-0.25, -0.2) is 0 Å². The molecule has 1 rings (SSSR count). The van der Waals surface area contributed by atoms with Crippen LogP contribution in [0.4, 0.5) is 0 Å². The van der Waals surface area contributed by atoms with Gasteiger partial charge in [0, 0.05) is 7.05 Å². The number of likely N-dealkylation sites (N-methyl/N-ethyl adjacent to an activating group) is 1. The van der Waals surface area contributed by atoms with Crippen molar-refractivity contribution in [3.8, 4) is 0 Å². The van der Waals surface area contributed by atoms with Gasteiger partial charge in [-0.15, -0.1) is 0 Å². The summed E-state index contributed by atoms with van der Waals surface area (Å²) in [6.07, 6.45) is 0. The van der Waals surface area contributed by atoms with E-state index in [1.54, 1.807) is 11.9 Å². The maximum absolute atomic E-state index is 7.02. The highest BCUT2D eigenvalue weighted by Crippen LogP contribution is 2.06. The van der Waals surface area contributed by atoms with Gasteiger partial charge in [-0.05, 0) is 0 Å². The fourth-order valence-corrected chi connectivity index (χ4v) is 0.644. The van der Waals surface area contributed by atoms with Crippen molar-refractivity contribution < 1.29 is 4.74 Å². The number of hydrogen-bond donors (Lipinski definition) is 2. The van der Waals surface area contributed by atoms with Gasteiger partial charge in [-0.3, -0.25) is 5.41 Å².